The number of fused-ring (bicyclic) bond motifs is 1. The standard InChI is InChI=1S/C21H22N2O4S2/c24-20(22-17-6-8-18(9-7-17)27-19-13-28-14-19)21-10-16(21)12-23(29(21,25)26)11-15-4-2-1-3-5-15/h1-9,16,19H,10-14H2,(H,22,24)/t16-,21+/m0/s1. The Bertz CT molecular complexity index is 1020. The quantitative estimate of drug-likeness (QED) is 0.763. The maximum absolute atomic E-state index is 13.2. The molecule has 152 valence electrons. The molecule has 1 aliphatic carbocycles. The van der Waals surface area contributed by atoms with Crippen LogP contribution in [0.4, 0.5) is 5.69 Å². The number of carbonyl (C=O) groups excluding carboxylic acids is 1. The van der Waals surface area contributed by atoms with E-state index in [1.807, 2.05) is 54.2 Å². The molecular weight excluding hydrogens is 408 g/mol. The Morgan fingerprint density at radius 1 is 1.14 bits per heavy atom. The van der Waals surface area contributed by atoms with Crippen molar-refractivity contribution in [2.24, 2.45) is 5.92 Å². The molecule has 29 heavy (non-hydrogen) atoms. The summed E-state index contributed by atoms with van der Waals surface area (Å²) in [6.45, 7) is 0.705. The molecule has 2 aromatic rings. The summed E-state index contributed by atoms with van der Waals surface area (Å²) in [6, 6.07) is 16.6. The minimum Gasteiger partial charge on any atom is -0.489 e. The van der Waals surface area contributed by atoms with Crippen LogP contribution in [0.1, 0.15) is 12.0 Å². The SMILES string of the molecule is O=C(Nc1ccc(OC2CSC2)cc1)[C@@]12C[C@H]1CN(Cc1ccccc1)S2(=O)=O. The van der Waals surface area contributed by atoms with E-state index < -0.39 is 20.7 Å². The highest BCUT2D eigenvalue weighted by Gasteiger charge is 2.75. The van der Waals surface area contributed by atoms with Crippen molar-refractivity contribution in [1.82, 2.24) is 4.31 Å². The molecule has 2 atom stereocenters. The van der Waals surface area contributed by atoms with E-state index in [-0.39, 0.29) is 12.0 Å². The van der Waals surface area contributed by atoms with Crippen molar-refractivity contribution in [2.75, 3.05) is 23.4 Å². The number of rotatable bonds is 6. The lowest BCUT2D eigenvalue weighted by atomic mass is 10.2. The van der Waals surface area contributed by atoms with Gasteiger partial charge in [-0.3, -0.25) is 4.79 Å². The molecule has 8 heteroatoms. The number of sulfonamides is 1. The van der Waals surface area contributed by atoms with Crippen LogP contribution in [0.3, 0.4) is 0 Å². The summed E-state index contributed by atoms with van der Waals surface area (Å²) in [4.78, 5) is 13.0. The van der Waals surface area contributed by atoms with Gasteiger partial charge in [0.2, 0.25) is 15.9 Å². The first kappa shape index (κ1) is 19.0. The van der Waals surface area contributed by atoms with Crippen molar-refractivity contribution in [3.05, 3.63) is 60.2 Å². The number of nitrogens with zero attached hydrogens (tertiary/aromatic N) is 1. The Morgan fingerprint density at radius 3 is 2.52 bits per heavy atom. The maximum Gasteiger partial charge on any atom is 0.247 e. The largest absolute Gasteiger partial charge is 0.489 e. The van der Waals surface area contributed by atoms with Gasteiger partial charge >= 0.3 is 0 Å². The number of thioether (sulfide) groups is 1. The first-order valence-electron chi connectivity index (χ1n) is 9.68. The highest BCUT2D eigenvalue weighted by atomic mass is 32.2. The minimum atomic E-state index is -3.70. The molecule has 0 aromatic heterocycles. The molecule has 0 spiro atoms. The second-order valence-corrected chi connectivity index (χ2v) is 11.1. The third-order valence-corrected chi connectivity index (χ3v) is 9.66. The van der Waals surface area contributed by atoms with Gasteiger partial charge in [0.05, 0.1) is 0 Å². The van der Waals surface area contributed by atoms with E-state index in [0.717, 1.165) is 22.8 Å². The number of nitrogens with one attached hydrogen (secondary N) is 1. The van der Waals surface area contributed by atoms with Crippen molar-refractivity contribution in [3.8, 4) is 5.75 Å². The number of carbonyl (C=O) groups is 1. The van der Waals surface area contributed by atoms with Crippen LogP contribution in [0.15, 0.2) is 54.6 Å². The fourth-order valence-corrected chi connectivity index (χ4v) is 6.98. The van der Waals surface area contributed by atoms with Crippen LogP contribution in [-0.2, 0) is 21.4 Å². The van der Waals surface area contributed by atoms with Gasteiger partial charge in [0.25, 0.3) is 0 Å². The van der Waals surface area contributed by atoms with Gasteiger partial charge in [0, 0.05) is 36.2 Å². The molecule has 2 heterocycles. The molecule has 3 fully saturated rings. The van der Waals surface area contributed by atoms with Crippen molar-refractivity contribution in [2.45, 2.75) is 23.8 Å². The lowest BCUT2D eigenvalue weighted by Gasteiger charge is -2.26. The van der Waals surface area contributed by atoms with Gasteiger partial charge in [0.1, 0.15) is 11.9 Å². The number of hydrogen-bond acceptors (Lipinski definition) is 5. The highest BCUT2D eigenvalue weighted by molar-refractivity contribution is 8.00. The molecule has 0 radical (unpaired) electrons. The Kier molecular flexibility index (Phi) is 4.60. The third-order valence-electron chi connectivity index (χ3n) is 5.88. The van der Waals surface area contributed by atoms with E-state index in [1.54, 1.807) is 12.1 Å². The topological polar surface area (TPSA) is 75.7 Å². The van der Waals surface area contributed by atoms with Gasteiger partial charge in [-0.25, -0.2) is 8.42 Å². The fraction of sp³-hybridized carbons (Fsp3) is 0.381. The van der Waals surface area contributed by atoms with Crippen LogP contribution < -0.4 is 10.1 Å². The van der Waals surface area contributed by atoms with Gasteiger partial charge in [0.15, 0.2) is 4.75 Å². The van der Waals surface area contributed by atoms with Crippen molar-refractivity contribution in [1.29, 1.82) is 0 Å². The second-order valence-electron chi connectivity index (χ2n) is 7.83. The van der Waals surface area contributed by atoms with Gasteiger partial charge in [-0.15, -0.1) is 0 Å². The van der Waals surface area contributed by atoms with Crippen LogP contribution in [0.5, 0.6) is 5.75 Å². The number of hydrogen-bond donors (Lipinski definition) is 1. The molecule has 1 amide bonds. The highest BCUT2D eigenvalue weighted by Crippen LogP contribution is 2.58. The lowest BCUT2D eigenvalue weighted by Crippen LogP contribution is -2.41. The summed E-state index contributed by atoms with van der Waals surface area (Å²) in [5.41, 5.74) is 1.51. The Morgan fingerprint density at radius 2 is 1.86 bits per heavy atom. The zero-order valence-electron chi connectivity index (χ0n) is 15.8. The first-order valence-corrected chi connectivity index (χ1v) is 12.3. The van der Waals surface area contributed by atoms with Crippen LogP contribution >= 0.6 is 11.8 Å². The lowest BCUT2D eigenvalue weighted by molar-refractivity contribution is -0.116. The van der Waals surface area contributed by atoms with Gasteiger partial charge in [-0.05, 0) is 36.2 Å². The average Bonchev–Trinajstić information content (AvgIpc) is 3.37. The number of ether oxygens (including phenoxy) is 1. The summed E-state index contributed by atoms with van der Waals surface area (Å²) >= 11 is 1.85. The Labute approximate surface area is 174 Å². The smallest absolute Gasteiger partial charge is 0.247 e. The Hall–Kier alpha value is -2.03. The van der Waals surface area contributed by atoms with Gasteiger partial charge in [-0.1, -0.05) is 30.3 Å². The van der Waals surface area contributed by atoms with Crippen LogP contribution in [0.2, 0.25) is 0 Å². The van der Waals surface area contributed by atoms with Crippen molar-refractivity contribution in [3.63, 3.8) is 0 Å². The van der Waals surface area contributed by atoms with Crippen LogP contribution in [-0.4, -0.2) is 47.5 Å². The molecule has 2 aliphatic heterocycles. The summed E-state index contributed by atoms with van der Waals surface area (Å²) in [5, 5.41) is 2.81. The van der Waals surface area contributed by atoms with E-state index in [1.165, 1.54) is 4.31 Å². The molecule has 2 aromatic carbocycles. The van der Waals surface area contributed by atoms with Crippen LogP contribution in [0, 0.1) is 5.92 Å². The third kappa shape index (κ3) is 3.23. The predicted molar refractivity (Wildman–Crippen MR) is 113 cm³/mol. The number of anilines is 1. The summed E-state index contributed by atoms with van der Waals surface area (Å²) in [7, 11) is -3.70. The van der Waals surface area contributed by atoms with Crippen LogP contribution in [0.25, 0.3) is 0 Å². The number of amides is 1. The first-order chi connectivity index (χ1) is 14.0. The molecular formula is C21H22N2O4S2. The summed E-state index contributed by atoms with van der Waals surface area (Å²) in [6.07, 6.45) is 0.651. The molecule has 3 aliphatic rings. The molecule has 2 saturated heterocycles. The minimum absolute atomic E-state index is 0.144. The number of benzene rings is 2. The monoisotopic (exact) mass is 430 g/mol. The van der Waals surface area contributed by atoms with E-state index in [4.69, 9.17) is 4.74 Å². The maximum atomic E-state index is 13.2. The summed E-state index contributed by atoms with van der Waals surface area (Å²) in [5.74, 6) is 2.19. The van der Waals surface area contributed by atoms with E-state index in [0.29, 0.717) is 25.2 Å². The molecule has 0 unspecified atom stereocenters. The van der Waals surface area contributed by atoms with Gasteiger partial charge in [-0.2, -0.15) is 16.1 Å². The van der Waals surface area contributed by atoms with Crippen molar-refractivity contribution >= 4 is 33.4 Å². The van der Waals surface area contributed by atoms with E-state index in [9.17, 15) is 13.2 Å². The zero-order valence-corrected chi connectivity index (χ0v) is 17.4. The molecule has 5 rings (SSSR count). The summed E-state index contributed by atoms with van der Waals surface area (Å²) < 4.78 is 32.2. The van der Waals surface area contributed by atoms with Gasteiger partial charge < -0.3 is 10.1 Å². The molecule has 1 saturated carbocycles. The van der Waals surface area contributed by atoms with E-state index >= 15 is 0 Å². The van der Waals surface area contributed by atoms with E-state index in [2.05, 4.69) is 5.32 Å². The fourth-order valence-electron chi connectivity index (χ4n) is 4.07. The Balaban J connectivity index is 1.27. The zero-order chi connectivity index (χ0) is 20.1. The average molecular weight is 431 g/mol. The normalized spacial score (nSPS) is 27.7. The molecule has 6 nitrogen and oxygen atoms in total. The second kappa shape index (κ2) is 7.04. The molecule has 1 N–H and O–H groups in total. The van der Waals surface area contributed by atoms with Crippen molar-refractivity contribution < 1.29 is 17.9 Å². The predicted octanol–water partition coefficient (Wildman–Crippen LogP) is 2.72. The molecule has 0 bridgehead atoms.